The molecule has 0 spiro atoms. The molecule has 1 aliphatic rings. The Balaban J connectivity index is 1.83. The lowest BCUT2D eigenvalue weighted by Gasteiger charge is -2.27. The average Bonchev–Trinajstić information content (AvgIpc) is 2.75. The van der Waals surface area contributed by atoms with Gasteiger partial charge in [0.25, 0.3) is 5.91 Å². The monoisotopic (exact) mass is 461 g/mol. The summed E-state index contributed by atoms with van der Waals surface area (Å²) < 4.78 is 38.2. The van der Waals surface area contributed by atoms with Gasteiger partial charge in [0.15, 0.2) is 6.10 Å². The van der Waals surface area contributed by atoms with Crippen LogP contribution in [0.5, 0.6) is 11.5 Å². The molecule has 0 aromatic heterocycles. The zero-order valence-electron chi connectivity index (χ0n) is 18.7. The van der Waals surface area contributed by atoms with E-state index in [0.29, 0.717) is 29.2 Å². The molecule has 32 heavy (non-hydrogen) atoms. The number of likely N-dealkylation sites (N-methyl/N-ethyl adjacent to an activating group) is 2. The van der Waals surface area contributed by atoms with Crippen LogP contribution in [-0.4, -0.2) is 57.9 Å². The fourth-order valence-corrected chi connectivity index (χ4v) is 4.75. The third-order valence-electron chi connectivity index (χ3n) is 5.26. The number of anilines is 2. The Morgan fingerprint density at radius 1 is 1.22 bits per heavy atom. The molecule has 0 unspecified atom stereocenters. The van der Waals surface area contributed by atoms with E-state index in [4.69, 9.17) is 9.47 Å². The lowest BCUT2D eigenvalue weighted by atomic mass is 10.1. The Bertz CT molecular complexity index is 1130. The highest BCUT2D eigenvalue weighted by atomic mass is 32.2. The van der Waals surface area contributed by atoms with E-state index < -0.39 is 16.1 Å². The van der Waals surface area contributed by atoms with E-state index in [9.17, 15) is 18.0 Å². The van der Waals surface area contributed by atoms with E-state index in [1.165, 1.54) is 18.0 Å². The molecular weight excluding hydrogens is 434 g/mol. The predicted molar refractivity (Wildman–Crippen MR) is 121 cm³/mol. The Morgan fingerprint density at radius 2 is 1.88 bits per heavy atom. The van der Waals surface area contributed by atoms with Crippen molar-refractivity contribution < 1.29 is 27.5 Å². The number of amides is 2. The highest BCUT2D eigenvalue weighted by Gasteiger charge is 2.30. The van der Waals surface area contributed by atoms with Gasteiger partial charge in [-0.1, -0.05) is 0 Å². The Morgan fingerprint density at radius 3 is 2.47 bits per heavy atom. The molecule has 1 heterocycles. The summed E-state index contributed by atoms with van der Waals surface area (Å²) in [6, 6.07) is 9.91. The molecule has 1 atom stereocenters. The molecule has 2 aromatic rings. The number of methoxy groups -OCH3 is 1. The van der Waals surface area contributed by atoms with E-state index in [2.05, 4.69) is 5.32 Å². The first kappa shape index (κ1) is 23.6. The van der Waals surface area contributed by atoms with Crippen molar-refractivity contribution in [3.8, 4) is 11.5 Å². The Labute approximate surface area is 188 Å². The number of carbonyl (C=O) groups is 2. The van der Waals surface area contributed by atoms with Gasteiger partial charge in [0.05, 0.1) is 24.2 Å². The maximum absolute atomic E-state index is 13.2. The summed E-state index contributed by atoms with van der Waals surface area (Å²) in [5.41, 5.74) is 1.50. The van der Waals surface area contributed by atoms with Crippen LogP contribution in [-0.2, 0) is 19.6 Å². The van der Waals surface area contributed by atoms with Crippen LogP contribution in [0.3, 0.4) is 0 Å². The van der Waals surface area contributed by atoms with Crippen molar-refractivity contribution in [3.05, 3.63) is 42.0 Å². The summed E-state index contributed by atoms with van der Waals surface area (Å²) in [5, 5.41) is 2.70. The van der Waals surface area contributed by atoms with Gasteiger partial charge in [-0.2, -0.15) is 4.31 Å². The minimum atomic E-state index is -3.99. The molecule has 3 rings (SSSR count). The smallest absolute Gasteiger partial charge is 0.265 e. The average molecular weight is 462 g/mol. The molecule has 1 aliphatic heterocycles. The van der Waals surface area contributed by atoms with Gasteiger partial charge in [-0.3, -0.25) is 9.59 Å². The van der Waals surface area contributed by atoms with Crippen LogP contribution in [0.1, 0.15) is 19.4 Å². The van der Waals surface area contributed by atoms with E-state index in [1.807, 2.05) is 6.92 Å². The van der Waals surface area contributed by atoms with Crippen molar-refractivity contribution in [2.24, 2.45) is 0 Å². The highest BCUT2D eigenvalue weighted by molar-refractivity contribution is 7.89. The first-order valence-electron chi connectivity index (χ1n) is 10.1. The third kappa shape index (κ3) is 4.56. The third-order valence-corrected chi connectivity index (χ3v) is 7.20. The van der Waals surface area contributed by atoms with Crippen LogP contribution in [0.25, 0.3) is 0 Å². The maximum Gasteiger partial charge on any atom is 0.265 e. The number of aryl methyl sites for hydroxylation is 1. The van der Waals surface area contributed by atoms with Crippen molar-refractivity contribution in [2.75, 3.05) is 37.5 Å². The Hall–Kier alpha value is -3.11. The van der Waals surface area contributed by atoms with Gasteiger partial charge >= 0.3 is 0 Å². The molecule has 2 amide bonds. The lowest BCUT2D eigenvalue weighted by molar-refractivity contribution is -0.122. The minimum Gasteiger partial charge on any atom is -0.497 e. The molecule has 2 aromatic carbocycles. The first-order valence-corrected chi connectivity index (χ1v) is 11.6. The van der Waals surface area contributed by atoms with E-state index in [0.717, 1.165) is 4.31 Å². The highest BCUT2D eigenvalue weighted by Crippen LogP contribution is 2.35. The van der Waals surface area contributed by atoms with Gasteiger partial charge in [0, 0.05) is 25.3 Å². The SMILES string of the molecule is CCN(C(=O)CN(C)S(=O)(=O)c1cc2c(cc1C)NC(=O)[C@H](C)O2)c1ccc(OC)cc1. The summed E-state index contributed by atoms with van der Waals surface area (Å²) >= 11 is 0. The fourth-order valence-electron chi connectivity index (χ4n) is 3.41. The van der Waals surface area contributed by atoms with Crippen LogP contribution in [0.4, 0.5) is 11.4 Å². The zero-order chi connectivity index (χ0) is 23.6. The largest absolute Gasteiger partial charge is 0.497 e. The molecule has 1 N–H and O–H groups in total. The second-order valence-corrected chi connectivity index (χ2v) is 9.47. The van der Waals surface area contributed by atoms with Gasteiger partial charge in [-0.05, 0) is 56.7 Å². The number of benzene rings is 2. The maximum atomic E-state index is 13.2. The number of rotatable bonds is 7. The minimum absolute atomic E-state index is 0.0161. The van der Waals surface area contributed by atoms with Gasteiger partial charge in [0.2, 0.25) is 15.9 Å². The molecule has 0 saturated heterocycles. The van der Waals surface area contributed by atoms with Crippen molar-refractivity contribution in [3.63, 3.8) is 0 Å². The van der Waals surface area contributed by atoms with E-state index >= 15 is 0 Å². The fraction of sp³-hybridized carbons (Fsp3) is 0.364. The molecular formula is C22H27N3O6S. The number of hydrogen-bond acceptors (Lipinski definition) is 6. The summed E-state index contributed by atoms with van der Waals surface area (Å²) in [5.74, 6) is 0.270. The van der Waals surface area contributed by atoms with Crippen LogP contribution in [0, 0.1) is 6.92 Å². The molecule has 0 bridgehead atoms. The lowest BCUT2D eigenvalue weighted by Crippen LogP contribution is -2.41. The normalized spacial score (nSPS) is 15.6. The van der Waals surface area contributed by atoms with Gasteiger partial charge in [0.1, 0.15) is 11.5 Å². The topological polar surface area (TPSA) is 105 Å². The van der Waals surface area contributed by atoms with Crippen LogP contribution < -0.4 is 19.7 Å². The zero-order valence-corrected chi connectivity index (χ0v) is 19.5. The molecule has 0 fully saturated rings. The second kappa shape index (κ2) is 9.17. The van der Waals surface area contributed by atoms with Crippen LogP contribution in [0.2, 0.25) is 0 Å². The number of nitrogens with one attached hydrogen (secondary N) is 1. The van der Waals surface area contributed by atoms with Gasteiger partial charge < -0.3 is 19.7 Å². The van der Waals surface area contributed by atoms with Crippen molar-refractivity contribution >= 4 is 33.2 Å². The van der Waals surface area contributed by atoms with E-state index in [-0.39, 0.29) is 29.0 Å². The molecule has 0 saturated carbocycles. The van der Waals surface area contributed by atoms with Crippen molar-refractivity contribution in [2.45, 2.75) is 31.8 Å². The predicted octanol–water partition coefficient (Wildman–Crippen LogP) is 2.40. The summed E-state index contributed by atoms with van der Waals surface area (Å²) in [4.78, 5) is 26.3. The summed E-state index contributed by atoms with van der Waals surface area (Å²) in [6.07, 6.45) is -0.734. The second-order valence-electron chi connectivity index (χ2n) is 7.46. The number of sulfonamides is 1. The molecule has 9 nitrogen and oxygen atoms in total. The number of ether oxygens (including phenoxy) is 2. The van der Waals surface area contributed by atoms with Gasteiger partial charge in [-0.25, -0.2) is 8.42 Å². The summed E-state index contributed by atoms with van der Waals surface area (Å²) in [7, 11) is -1.07. The quantitative estimate of drug-likeness (QED) is 0.679. The first-order chi connectivity index (χ1) is 15.1. The standard InChI is InChI=1S/C22H27N3O6S/c1-6-25(16-7-9-17(30-5)10-8-16)21(26)13-24(4)32(28,29)20-12-19-18(11-14(20)2)23-22(27)15(3)31-19/h7-12,15H,6,13H2,1-5H3,(H,23,27)/t15-/m0/s1. The van der Waals surface area contributed by atoms with Gasteiger partial charge in [-0.15, -0.1) is 0 Å². The number of carbonyl (C=O) groups excluding carboxylic acids is 2. The number of nitrogens with zero attached hydrogens (tertiary/aromatic N) is 2. The molecule has 10 heteroatoms. The Kier molecular flexibility index (Phi) is 6.75. The van der Waals surface area contributed by atoms with Crippen LogP contribution >= 0.6 is 0 Å². The van der Waals surface area contributed by atoms with Crippen molar-refractivity contribution in [1.29, 1.82) is 0 Å². The van der Waals surface area contributed by atoms with Crippen molar-refractivity contribution in [1.82, 2.24) is 4.31 Å². The molecule has 172 valence electrons. The number of fused-ring (bicyclic) bond motifs is 1. The van der Waals surface area contributed by atoms with E-state index in [1.54, 1.807) is 51.3 Å². The molecule has 0 radical (unpaired) electrons. The number of hydrogen-bond donors (Lipinski definition) is 1. The summed E-state index contributed by atoms with van der Waals surface area (Å²) in [6.45, 7) is 5.06. The van der Waals surface area contributed by atoms with Crippen LogP contribution in [0.15, 0.2) is 41.3 Å². The molecule has 0 aliphatic carbocycles.